The summed E-state index contributed by atoms with van der Waals surface area (Å²) in [6.45, 7) is 2.19. The Morgan fingerprint density at radius 1 is 1.19 bits per heavy atom. The van der Waals surface area contributed by atoms with Crippen LogP contribution < -0.4 is 0 Å². The first-order valence-electron chi connectivity index (χ1n) is 5.84. The molecule has 0 aliphatic carbocycles. The summed E-state index contributed by atoms with van der Waals surface area (Å²) >= 11 is 0. The molecule has 0 N–H and O–H groups in total. The van der Waals surface area contributed by atoms with Crippen LogP contribution in [0, 0.1) is 11.8 Å². The maximum atomic E-state index is 3.26. The van der Waals surface area contributed by atoms with E-state index in [1.54, 1.807) is 0 Å². The van der Waals surface area contributed by atoms with Gasteiger partial charge in [-0.15, -0.1) is 0 Å². The maximum absolute atomic E-state index is 3.26. The van der Waals surface area contributed by atoms with Crippen LogP contribution in [0.3, 0.4) is 0 Å². The van der Waals surface area contributed by atoms with Crippen molar-refractivity contribution in [2.75, 3.05) is 14.1 Å². The van der Waals surface area contributed by atoms with Crippen molar-refractivity contribution >= 4 is 5.71 Å². The number of hydrogen-bond donors (Lipinski definition) is 0. The lowest BCUT2D eigenvalue weighted by molar-refractivity contribution is -0.462. The molecule has 0 unspecified atom stereocenters. The molecule has 1 heteroatoms. The van der Waals surface area contributed by atoms with E-state index in [2.05, 4.69) is 35.5 Å². The molecule has 0 saturated carbocycles. The standard InChI is InChI=1S/C15H20N/c1-4-5-6-10-13-15(16(2)3)14-11-8-7-9-12-14/h7-9,11-12H,4-6H2,1-3H3/q+1. The van der Waals surface area contributed by atoms with E-state index in [1.807, 2.05) is 32.3 Å². The fourth-order valence-electron chi connectivity index (χ4n) is 1.45. The highest BCUT2D eigenvalue weighted by molar-refractivity contribution is 6.09. The van der Waals surface area contributed by atoms with Crippen LogP contribution in [0.5, 0.6) is 0 Å². The van der Waals surface area contributed by atoms with Crippen LogP contribution in [0.15, 0.2) is 30.3 Å². The Morgan fingerprint density at radius 3 is 2.44 bits per heavy atom. The van der Waals surface area contributed by atoms with Crippen LogP contribution in [0.25, 0.3) is 0 Å². The highest BCUT2D eigenvalue weighted by atomic mass is 14.9. The molecule has 84 valence electrons. The molecule has 0 fully saturated rings. The van der Waals surface area contributed by atoms with Gasteiger partial charge < -0.3 is 0 Å². The first-order valence-corrected chi connectivity index (χ1v) is 5.84. The second kappa shape index (κ2) is 6.85. The minimum atomic E-state index is 0.987. The summed E-state index contributed by atoms with van der Waals surface area (Å²) in [4.78, 5) is 0. The van der Waals surface area contributed by atoms with Crippen molar-refractivity contribution in [3.63, 3.8) is 0 Å². The molecular formula is C15H20N+. The van der Waals surface area contributed by atoms with E-state index in [4.69, 9.17) is 0 Å². The predicted molar refractivity (Wildman–Crippen MR) is 70.0 cm³/mol. The molecule has 1 rings (SSSR count). The van der Waals surface area contributed by atoms with Crippen LogP contribution in [0.1, 0.15) is 31.7 Å². The summed E-state index contributed by atoms with van der Waals surface area (Å²) in [5, 5.41) is 0. The van der Waals surface area contributed by atoms with Crippen molar-refractivity contribution in [2.45, 2.75) is 26.2 Å². The van der Waals surface area contributed by atoms with Crippen molar-refractivity contribution in [3.05, 3.63) is 35.9 Å². The van der Waals surface area contributed by atoms with Crippen LogP contribution in [0.2, 0.25) is 0 Å². The second-order valence-electron chi connectivity index (χ2n) is 4.01. The smallest absolute Gasteiger partial charge is 0.227 e. The highest BCUT2D eigenvalue weighted by Crippen LogP contribution is 2.00. The molecule has 1 aromatic rings. The average Bonchev–Trinajstić information content (AvgIpc) is 2.30. The molecule has 0 aliphatic rings. The third-order valence-corrected chi connectivity index (χ3v) is 2.36. The Balaban J connectivity index is 2.86. The number of benzene rings is 1. The molecule has 0 bridgehead atoms. The van der Waals surface area contributed by atoms with Crippen molar-refractivity contribution < 1.29 is 4.58 Å². The van der Waals surface area contributed by atoms with Gasteiger partial charge in [-0.25, -0.2) is 4.58 Å². The van der Waals surface area contributed by atoms with Crippen LogP contribution in [-0.4, -0.2) is 24.4 Å². The lowest BCUT2D eigenvalue weighted by Gasteiger charge is -1.96. The van der Waals surface area contributed by atoms with Gasteiger partial charge in [0, 0.05) is 12.3 Å². The molecule has 0 amide bonds. The average molecular weight is 214 g/mol. The summed E-state index contributed by atoms with van der Waals surface area (Å²) in [5.74, 6) is 6.50. The van der Waals surface area contributed by atoms with Gasteiger partial charge in [0.2, 0.25) is 0 Å². The Hall–Kier alpha value is -1.55. The summed E-state index contributed by atoms with van der Waals surface area (Å²) < 4.78 is 2.08. The topological polar surface area (TPSA) is 3.01 Å². The SMILES string of the molecule is CCCCC#CC(c1ccccc1)=[N+](C)C. The van der Waals surface area contributed by atoms with Crippen molar-refractivity contribution in [2.24, 2.45) is 0 Å². The summed E-state index contributed by atoms with van der Waals surface area (Å²) in [6, 6.07) is 10.3. The van der Waals surface area contributed by atoms with Gasteiger partial charge in [0.15, 0.2) is 0 Å². The molecule has 0 aromatic heterocycles. The lowest BCUT2D eigenvalue weighted by Crippen LogP contribution is -2.12. The number of unbranched alkanes of at least 4 members (excludes halogenated alkanes) is 2. The van der Waals surface area contributed by atoms with Crippen LogP contribution >= 0.6 is 0 Å². The zero-order chi connectivity index (χ0) is 11.8. The summed E-state index contributed by atoms with van der Waals surface area (Å²) in [7, 11) is 4.08. The Bertz CT molecular complexity index is 400. The van der Waals surface area contributed by atoms with E-state index in [0.717, 1.165) is 12.1 Å². The number of rotatable bonds is 3. The Kier molecular flexibility index (Phi) is 5.36. The van der Waals surface area contributed by atoms with Gasteiger partial charge in [0.25, 0.3) is 5.71 Å². The highest BCUT2D eigenvalue weighted by Gasteiger charge is 2.06. The van der Waals surface area contributed by atoms with E-state index >= 15 is 0 Å². The second-order valence-corrected chi connectivity index (χ2v) is 4.01. The minimum absolute atomic E-state index is 0.987. The summed E-state index contributed by atoms with van der Waals surface area (Å²) in [5.41, 5.74) is 2.29. The van der Waals surface area contributed by atoms with Crippen LogP contribution in [0.4, 0.5) is 0 Å². The van der Waals surface area contributed by atoms with Gasteiger partial charge in [0.05, 0.1) is 5.56 Å². The van der Waals surface area contributed by atoms with E-state index in [1.165, 1.54) is 18.4 Å². The molecule has 1 aromatic carbocycles. The number of nitrogens with zero attached hydrogens (tertiary/aromatic N) is 1. The van der Waals surface area contributed by atoms with Gasteiger partial charge in [-0.3, -0.25) is 0 Å². The van der Waals surface area contributed by atoms with Gasteiger partial charge in [-0.05, 0) is 18.6 Å². The van der Waals surface area contributed by atoms with E-state index in [0.29, 0.717) is 0 Å². The summed E-state index contributed by atoms with van der Waals surface area (Å²) in [6.07, 6.45) is 3.38. The fourth-order valence-corrected chi connectivity index (χ4v) is 1.45. The third kappa shape index (κ3) is 3.90. The van der Waals surface area contributed by atoms with E-state index in [9.17, 15) is 0 Å². The molecule has 16 heavy (non-hydrogen) atoms. The molecule has 0 spiro atoms. The molecule has 0 saturated heterocycles. The Labute approximate surface area is 98.8 Å². The fraction of sp³-hybridized carbons (Fsp3) is 0.400. The first-order chi connectivity index (χ1) is 7.75. The molecule has 1 nitrogen and oxygen atoms in total. The Morgan fingerprint density at radius 2 is 1.88 bits per heavy atom. The minimum Gasteiger partial charge on any atom is -0.227 e. The molecule has 0 radical (unpaired) electrons. The zero-order valence-electron chi connectivity index (χ0n) is 10.5. The van der Waals surface area contributed by atoms with Crippen molar-refractivity contribution in [1.82, 2.24) is 0 Å². The first kappa shape index (κ1) is 12.5. The van der Waals surface area contributed by atoms with Crippen molar-refractivity contribution in [1.29, 1.82) is 0 Å². The zero-order valence-corrected chi connectivity index (χ0v) is 10.5. The molecule has 0 heterocycles. The van der Waals surface area contributed by atoms with E-state index in [-0.39, 0.29) is 0 Å². The predicted octanol–water partition coefficient (Wildman–Crippen LogP) is 2.94. The van der Waals surface area contributed by atoms with E-state index < -0.39 is 0 Å². The van der Waals surface area contributed by atoms with Gasteiger partial charge >= 0.3 is 0 Å². The lowest BCUT2D eigenvalue weighted by atomic mass is 10.1. The maximum Gasteiger partial charge on any atom is 0.258 e. The quantitative estimate of drug-likeness (QED) is 0.315. The molecule has 0 atom stereocenters. The monoisotopic (exact) mass is 214 g/mol. The van der Waals surface area contributed by atoms with Crippen molar-refractivity contribution in [3.8, 4) is 11.8 Å². The molecule has 0 aliphatic heterocycles. The molecular weight excluding hydrogens is 194 g/mol. The van der Waals surface area contributed by atoms with Crippen LogP contribution in [-0.2, 0) is 0 Å². The third-order valence-electron chi connectivity index (χ3n) is 2.36. The normalized spacial score (nSPS) is 9.19. The van der Waals surface area contributed by atoms with Gasteiger partial charge in [0.1, 0.15) is 14.1 Å². The van der Waals surface area contributed by atoms with Gasteiger partial charge in [-0.1, -0.05) is 37.5 Å². The number of hydrogen-bond acceptors (Lipinski definition) is 0. The van der Waals surface area contributed by atoms with Gasteiger partial charge in [-0.2, -0.15) is 0 Å². The largest absolute Gasteiger partial charge is 0.258 e.